The number of carboxylic acids is 1. The number of fused-ring (bicyclic) bond motifs is 2. The second-order valence-corrected chi connectivity index (χ2v) is 4.59. The first-order chi connectivity index (χ1) is 7.59. The van der Waals surface area contributed by atoms with Crippen LogP contribution in [-0.4, -0.2) is 29.6 Å². The molecule has 2 rings (SSSR count). The molecule has 0 aromatic rings. The molecule has 0 spiro atoms. The molecule has 1 amide bonds. The van der Waals surface area contributed by atoms with Gasteiger partial charge in [-0.3, -0.25) is 9.63 Å². The van der Waals surface area contributed by atoms with Crippen molar-refractivity contribution in [1.82, 2.24) is 5.48 Å². The Hall–Kier alpha value is -1.14. The molecule has 0 heterocycles. The maximum absolute atomic E-state index is 11.7. The molecule has 0 aromatic heterocycles. The van der Waals surface area contributed by atoms with Crippen molar-refractivity contribution >= 4 is 11.9 Å². The van der Waals surface area contributed by atoms with Gasteiger partial charge in [0.05, 0.1) is 5.92 Å². The zero-order valence-corrected chi connectivity index (χ0v) is 8.89. The quantitative estimate of drug-likeness (QED) is 0.563. The van der Waals surface area contributed by atoms with Crippen molar-refractivity contribution in [2.24, 2.45) is 23.5 Å². The molecule has 90 valence electrons. The summed E-state index contributed by atoms with van der Waals surface area (Å²) in [4.78, 5) is 26.5. The maximum Gasteiger partial charge on any atom is 0.332 e. The van der Waals surface area contributed by atoms with Crippen LogP contribution in [0.2, 0.25) is 0 Å². The van der Waals surface area contributed by atoms with E-state index in [2.05, 4.69) is 10.3 Å². The summed E-state index contributed by atoms with van der Waals surface area (Å²) < 4.78 is 0. The van der Waals surface area contributed by atoms with Crippen molar-refractivity contribution in [3.05, 3.63) is 0 Å². The molecule has 6 nitrogen and oxygen atoms in total. The zero-order valence-electron chi connectivity index (χ0n) is 8.89. The van der Waals surface area contributed by atoms with Crippen molar-refractivity contribution in [1.29, 1.82) is 0 Å². The molecule has 0 radical (unpaired) electrons. The SMILES string of the molecule is NC1C2CCC(C2)C1C(=O)NOCC(=O)O. The lowest BCUT2D eigenvalue weighted by molar-refractivity contribution is -0.151. The number of carbonyl (C=O) groups excluding carboxylic acids is 1. The number of hydrogen-bond acceptors (Lipinski definition) is 4. The van der Waals surface area contributed by atoms with Crippen LogP contribution in [0.4, 0.5) is 0 Å². The van der Waals surface area contributed by atoms with Gasteiger partial charge in [-0.25, -0.2) is 10.3 Å². The monoisotopic (exact) mass is 228 g/mol. The molecule has 0 aliphatic heterocycles. The Morgan fingerprint density at radius 1 is 1.38 bits per heavy atom. The molecule has 4 atom stereocenters. The van der Waals surface area contributed by atoms with E-state index in [4.69, 9.17) is 10.8 Å². The number of rotatable bonds is 4. The van der Waals surface area contributed by atoms with Crippen LogP contribution in [0.15, 0.2) is 0 Å². The number of nitrogens with two attached hydrogens (primary N) is 1. The highest BCUT2D eigenvalue weighted by Crippen LogP contribution is 2.47. The summed E-state index contributed by atoms with van der Waals surface area (Å²) in [5.74, 6) is -0.820. The number of nitrogens with one attached hydrogen (secondary N) is 1. The second kappa shape index (κ2) is 4.39. The Bertz CT molecular complexity index is 305. The Balaban J connectivity index is 1.83. The fraction of sp³-hybridized carbons (Fsp3) is 0.800. The summed E-state index contributed by atoms with van der Waals surface area (Å²) in [7, 11) is 0. The predicted octanol–water partition coefficient (Wildman–Crippen LogP) is -0.508. The van der Waals surface area contributed by atoms with Gasteiger partial charge in [0.2, 0.25) is 5.91 Å². The van der Waals surface area contributed by atoms with E-state index in [1.165, 1.54) is 0 Å². The summed E-state index contributed by atoms with van der Waals surface area (Å²) in [5, 5.41) is 8.35. The van der Waals surface area contributed by atoms with E-state index in [0.29, 0.717) is 11.8 Å². The molecule has 2 bridgehead atoms. The van der Waals surface area contributed by atoms with Crippen molar-refractivity contribution in [3.63, 3.8) is 0 Å². The molecule has 0 aromatic carbocycles. The van der Waals surface area contributed by atoms with Gasteiger partial charge in [-0.2, -0.15) is 0 Å². The van der Waals surface area contributed by atoms with Crippen LogP contribution in [-0.2, 0) is 14.4 Å². The van der Waals surface area contributed by atoms with Crippen molar-refractivity contribution in [3.8, 4) is 0 Å². The number of hydroxylamine groups is 1. The highest BCUT2D eigenvalue weighted by atomic mass is 16.7. The summed E-state index contributed by atoms with van der Waals surface area (Å²) in [6.07, 6.45) is 3.15. The van der Waals surface area contributed by atoms with E-state index in [-0.39, 0.29) is 17.9 Å². The molecule has 6 heteroatoms. The van der Waals surface area contributed by atoms with E-state index in [9.17, 15) is 9.59 Å². The predicted molar refractivity (Wildman–Crippen MR) is 54.0 cm³/mol. The van der Waals surface area contributed by atoms with Gasteiger partial charge in [-0.15, -0.1) is 0 Å². The van der Waals surface area contributed by atoms with Gasteiger partial charge in [0.1, 0.15) is 0 Å². The van der Waals surface area contributed by atoms with Crippen LogP contribution in [0.5, 0.6) is 0 Å². The van der Waals surface area contributed by atoms with Crippen LogP contribution < -0.4 is 11.2 Å². The van der Waals surface area contributed by atoms with Gasteiger partial charge in [-0.1, -0.05) is 0 Å². The molecule has 2 aliphatic rings. The summed E-state index contributed by atoms with van der Waals surface area (Å²) >= 11 is 0. The number of aliphatic carboxylic acids is 1. The van der Waals surface area contributed by atoms with Crippen LogP contribution >= 0.6 is 0 Å². The zero-order chi connectivity index (χ0) is 11.7. The summed E-state index contributed by atoms with van der Waals surface area (Å²) in [6.45, 7) is -0.526. The van der Waals surface area contributed by atoms with Gasteiger partial charge >= 0.3 is 5.97 Å². The third-order valence-corrected chi connectivity index (χ3v) is 3.65. The second-order valence-electron chi connectivity index (χ2n) is 4.59. The smallest absolute Gasteiger partial charge is 0.332 e. The van der Waals surface area contributed by atoms with Gasteiger partial charge in [0, 0.05) is 6.04 Å². The number of carboxylic acid groups (broad SMARTS) is 1. The minimum Gasteiger partial charge on any atom is -0.479 e. The highest BCUT2D eigenvalue weighted by molar-refractivity contribution is 5.79. The standard InChI is InChI=1S/C10H16N2O4/c11-9-6-2-1-5(3-6)8(9)10(15)12-16-4-7(13)14/h5-6,8-9H,1-4,11H2,(H,12,15)(H,13,14). The van der Waals surface area contributed by atoms with Crippen molar-refractivity contribution in [2.45, 2.75) is 25.3 Å². The molecule has 0 saturated heterocycles. The normalized spacial score (nSPS) is 36.3. The minimum atomic E-state index is -1.11. The first-order valence-corrected chi connectivity index (χ1v) is 5.48. The van der Waals surface area contributed by atoms with E-state index < -0.39 is 12.6 Å². The fourth-order valence-electron chi connectivity index (χ4n) is 2.96. The minimum absolute atomic E-state index is 0.104. The third-order valence-electron chi connectivity index (χ3n) is 3.65. The van der Waals surface area contributed by atoms with E-state index in [0.717, 1.165) is 19.3 Å². The van der Waals surface area contributed by atoms with Crippen LogP contribution in [0, 0.1) is 17.8 Å². The molecular formula is C10H16N2O4. The Kier molecular flexibility index (Phi) is 3.11. The van der Waals surface area contributed by atoms with Gasteiger partial charge in [0.15, 0.2) is 6.61 Å². The Morgan fingerprint density at radius 2 is 2.06 bits per heavy atom. The van der Waals surface area contributed by atoms with Crippen molar-refractivity contribution < 1.29 is 19.5 Å². The Morgan fingerprint density at radius 3 is 2.62 bits per heavy atom. The molecule has 4 unspecified atom stereocenters. The summed E-state index contributed by atoms with van der Waals surface area (Å²) in [6, 6.07) is -0.104. The molecule has 2 fully saturated rings. The number of hydrogen-bond donors (Lipinski definition) is 3. The van der Waals surface area contributed by atoms with Crippen LogP contribution in [0.1, 0.15) is 19.3 Å². The fourth-order valence-corrected chi connectivity index (χ4v) is 2.96. The van der Waals surface area contributed by atoms with E-state index in [1.807, 2.05) is 0 Å². The maximum atomic E-state index is 11.7. The largest absolute Gasteiger partial charge is 0.479 e. The lowest BCUT2D eigenvalue weighted by atomic mass is 9.84. The van der Waals surface area contributed by atoms with Crippen LogP contribution in [0.3, 0.4) is 0 Å². The number of amides is 1. The van der Waals surface area contributed by atoms with E-state index in [1.54, 1.807) is 0 Å². The summed E-state index contributed by atoms with van der Waals surface area (Å²) in [5.41, 5.74) is 8.14. The lowest BCUT2D eigenvalue weighted by Gasteiger charge is -2.26. The first-order valence-electron chi connectivity index (χ1n) is 5.48. The molecule has 2 saturated carbocycles. The molecule has 2 aliphatic carbocycles. The highest BCUT2D eigenvalue weighted by Gasteiger charge is 2.49. The van der Waals surface area contributed by atoms with Gasteiger partial charge < -0.3 is 10.8 Å². The van der Waals surface area contributed by atoms with Crippen molar-refractivity contribution in [2.75, 3.05) is 6.61 Å². The number of carbonyl (C=O) groups is 2. The van der Waals surface area contributed by atoms with E-state index >= 15 is 0 Å². The topological polar surface area (TPSA) is 102 Å². The molecule has 4 N–H and O–H groups in total. The Labute approximate surface area is 93.1 Å². The van der Waals surface area contributed by atoms with Gasteiger partial charge in [-0.05, 0) is 31.1 Å². The first kappa shape index (κ1) is 11.3. The van der Waals surface area contributed by atoms with Gasteiger partial charge in [0.25, 0.3) is 0 Å². The average Bonchev–Trinajstić information content (AvgIpc) is 2.76. The average molecular weight is 228 g/mol. The lowest BCUT2D eigenvalue weighted by Crippen LogP contribution is -2.45. The molecule has 16 heavy (non-hydrogen) atoms. The molecular weight excluding hydrogens is 212 g/mol. The van der Waals surface area contributed by atoms with Crippen LogP contribution in [0.25, 0.3) is 0 Å². The third kappa shape index (κ3) is 2.03.